The Morgan fingerprint density at radius 1 is 1.02 bits per heavy atom. The van der Waals surface area contributed by atoms with Crippen LogP contribution < -0.4 is 15.8 Å². The maximum Gasteiger partial charge on any atom is 0.264 e. The molecule has 0 amide bonds. The molecule has 1 saturated heterocycles. The van der Waals surface area contributed by atoms with Crippen molar-refractivity contribution in [2.45, 2.75) is 68.5 Å². The number of pyridine rings is 1. The molecule has 4 aromatic rings. The normalized spacial score (nSPS) is 19.7. The molecule has 0 radical (unpaired) electrons. The number of hydrogen-bond donors (Lipinski definition) is 3. The van der Waals surface area contributed by atoms with Crippen molar-refractivity contribution >= 4 is 32.4 Å². The molecular weight excluding hydrogens is 562 g/mol. The van der Waals surface area contributed by atoms with Crippen LogP contribution in [0.1, 0.15) is 57.1 Å². The summed E-state index contributed by atoms with van der Waals surface area (Å²) in [6.07, 6.45) is 5.93. The highest BCUT2D eigenvalue weighted by atomic mass is 32.2. The van der Waals surface area contributed by atoms with Crippen molar-refractivity contribution in [3.8, 4) is 11.3 Å². The molecule has 1 aliphatic carbocycles. The van der Waals surface area contributed by atoms with Crippen molar-refractivity contribution in [3.63, 3.8) is 0 Å². The van der Waals surface area contributed by atoms with Gasteiger partial charge in [-0.05, 0) is 75.3 Å². The molecule has 3 heterocycles. The number of aromatic nitrogens is 3. The Hall–Kier alpha value is -3.61. The van der Waals surface area contributed by atoms with E-state index in [2.05, 4.69) is 15.0 Å². The monoisotopic (exact) mass is 596 g/mol. The third-order valence-corrected chi connectivity index (χ3v) is 9.56. The lowest BCUT2D eigenvalue weighted by Crippen LogP contribution is -2.51. The van der Waals surface area contributed by atoms with E-state index < -0.39 is 26.6 Å². The van der Waals surface area contributed by atoms with E-state index in [1.54, 1.807) is 6.07 Å². The lowest BCUT2D eigenvalue weighted by molar-refractivity contribution is -0.0121. The van der Waals surface area contributed by atoms with Crippen LogP contribution in [0.15, 0.2) is 53.6 Å². The summed E-state index contributed by atoms with van der Waals surface area (Å²) in [6.45, 7) is 5.61. The second-order valence-electron chi connectivity index (χ2n) is 11.4. The number of ether oxygens (including phenoxy) is 1. The second-order valence-corrected chi connectivity index (χ2v) is 13.0. The Kier molecular flexibility index (Phi) is 7.62. The minimum Gasteiger partial charge on any atom is -0.383 e. The second kappa shape index (κ2) is 11.2. The van der Waals surface area contributed by atoms with Crippen molar-refractivity contribution < 1.29 is 21.9 Å². The van der Waals surface area contributed by atoms with Gasteiger partial charge in [0, 0.05) is 23.8 Å². The number of fused-ring (bicyclic) bond motifs is 1. The van der Waals surface area contributed by atoms with E-state index in [1.807, 2.05) is 24.7 Å². The Balaban J connectivity index is 1.33. The molecule has 0 atom stereocenters. The van der Waals surface area contributed by atoms with E-state index in [1.165, 1.54) is 24.3 Å². The molecular formula is C30H34F2N6O3S. The van der Waals surface area contributed by atoms with Crippen molar-refractivity contribution in [1.29, 1.82) is 0 Å². The number of sulfonamides is 1. The first-order valence-electron chi connectivity index (χ1n) is 14.2. The van der Waals surface area contributed by atoms with Gasteiger partial charge in [0.05, 0.1) is 35.8 Å². The van der Waals surface area contributed by atoms with Gasteiger partial charge in [0.15, 0.2) is 0 Å². The number of nitrogens with one attached hydrogen (secondary N) is 2. The van der Waals surface area contributed by atoms with Gasteiger partial charge in [-0.1, -0.05) is 18.2 Å². The van der Waals surface area contributed by atoms with Gasteiger partial charge >= 0.3 is 0 Å². The summed E-state index contributed by atoms with van der Waals surface area (Å²) in [4.78, 5) is 3.97. The molecule has 2 aromatic heterocycles. The summed E-state index contributed by atoms with van der Waals surface area (Å²) < 4.78 is 64.3. The topological polar surface area (TPSA) is 124 Å². The van der Waals surface area contributed by atoms with Gasteiger partial charge in [-0.25, -0.2) is 22.2 Å². The summed E-state index contributed by atoms with van der Waals surface area (Å²) in [5.74, 6) is -1.18. The average Bonchev–Trinajstić information content (AvgIpc) is 3.35. The summed E-state index contributed by atoms with van der Waals surface area (Å²) in [5, 5.41) is 9.20. The fraction of sp³-hybridized carbons (Fsp3) is 0.400. The van der Waals surface area contributed by atoms with Gasteiger partial charge in [0.25, 0.3) is 10.0 Å². The molecule has 0 unspecified atom stereocenters. The average molecular weight is 597 g/mol. The zero-order chi connectivity index (χ0) is 29.6. The highest BCUT2D eigenvalue weighted by molar-refractivity contribution is 7.92. The first-order valence-corrected chi connectivity index (χ1v) is 15.7. The standard InChI is InChI=1S/C30H34F2N6O3S/c1-17(2)38-29-22(18-7-10-20(11-8-18)35-21-15-41-16-21)14-34-30(33)27(29)28(36-38)19-9-12-25(24(32)13-19)37-42(39,40)26-6-4-3-5-23(26)31/h3-6,9,12-14,17-18,20-21,35,37H,7-8,10-11,15-16H2,1-2H3,(H2,33,34)/t18-,20-. The molecule has 42 heavy (non-hydrogen) atoms. The molecule has 2 aliphatic rings. The van der Waals surface area contributed by atoms with E-state index in [0.717, 1.165) is 62.1 Å². The largest absolute Gasteiger partial charge is 0.383 e. The van der Waals surface area contributed by atoms with Gasteiger partial charge in [-0.2, -0.15) is 5.10 Å². The molecule has 12 heteroatoms. The molecule has 2 fully saturated rings. The first kappa shape index (κ1) is 28.5. The van der Waals surface area contributed by atoms with Crippen LogP contribution in [0.25, 0.3) is 22.2 Å². The molecule has 222 valence electrons. The SMILES string of the molecule is CC(C)n1nc(-c2ccc(NS(=O)(=O)c3ccccc3F)c(F)c2)c2c(N)ncc([C@H]3CC[C@H](NC4COC4)CC3)c21. The Morgan fingerprint density at radius 3 is 2.40 bits per heavy atom. The number of nitrogens with zero attached hydrogens (tertiary/aromatic N) is 3. The molecule has 1 aliphatic heterocycles. The number of rotatable bonds is 8. The van der Waals surface area contributed by atoms with Crippen LogP contribution in [0.2, 0.25) is 0 Å². The highest BCUT2D eigenvalue weighted by Gasteiger charge is 2.30. The zero-order valence-electron chi connectivity index (χ0n) is 23.5. The van der Waals surface area contributed by atoms with Crippen LogP contribution in [0.5, 0.6) is 0 Å². The third kappa shape index (κ3) is 5.34. The predicted molar refractivity (Wildman–Crippen MR) is 158 cm³/mol. The van der Waals surface area contributed by atoms with Crippen LogP contribution in [-0.4, -0.2) is 48.5 Å². The lowest BCUT2D eigenvalue weighted by atomic mass is 9.81. The minimum absolute atomic E-state index is 0.00452. The van der Waals surface area contributed by atoms with Crippen molar-refractivity contribution in [2.75, 3.05) is 23.7 Å². The number of anilines is 2. The highest BCUT2D eigenvalue weighted by Crippen LogP contribution is 2.42. The van der Waals surface area contributed by atoms with Crippen molar-refractivity contribution in [2.24, 2.45) is 0 Å². The Bertz CT molecular complexity index is 1730. The summed E-state index contributed by atoms with van der Waals surface area (Å²) >= 11 is 0. The molecule has 2 aromatic carbocycles. The fourth-order valence-corrected chi connectivity index (χ4v) is 7.08. The first-order chi connectivity index (χ1) is 20.1. The number of benzene rings is 2. The van der Waals surface area contributed by atoms with Gasteiger partial charge in [-0.3, -0.25) is 9.40 Å². The van der Waals surface area contributed by atoms with E-state index >= 15 is 4.39 Å². The van der Waals surface area contributed by atoms with Crippen LogP contribution in [0.3, 0.4) is 0 Å². The van der Waals surface area contributed by atoms with Crippen LogP contribution in [-0.2, 0) is 14.8 Å². The lowest BCUT2D eigenvalue weighted by Gasteiger charge is -2.35. The number of nitrogen functional groups attached to an aromatic ring is 1. The Labute approximate surface area is 243 Å². The van der Waals surface area contributed by atoms with Gasteiger partial charge in [-0.15, -0.1) is 0 Å². The molecule has 6 rings (SSSR count). The van der Waals surface area contributed by atoms with E-state index in [0.29, 0.717) is 34.5 Å². The van der Waals surface area contributed by atoms with Crippen molar-refractivity contribution in [3.05, 3.63) is 65.9 Å². The summed E-state index contributed by atoms with van der Waals surface area (Å²) in [6, 6.07) is 9.92. The molecule has 9 nitrogen and oxygen atoms in total. The van der Waals surface area contributed by atoms with Crippen molar-refractivity contribution in [1.82, 2.24) is 20.1 Å². The number of hydrogen-bond acceptors (Lipinski definition) is 7. The predicted octanol–water partition coefficient (Wildman–Crippen LogP) is 5.36. The maximum absolute atomic E-state index is 15.4. The van der Waals surface area contributed by atoms with Gasteiger partial charge in [0.1, 0.15) is 28.0 Å². The summed E-state index contributed by atoms with van der Waals surface area (Å²) in [5.41, 5.74) is 8.98. The van der Waals surface area contributed by atoms with E-state index in [4.69, 9.17) is 15.6 Å². The van der Waals surface area contributed by atoms with E-state index in [9.17, 15) is 12.8 Å². The quantitative estimate of drug-likeness (QED) is 0.250. The van der Waals surface area contributed by atoms with Crippen LogP contribution >= 0.6 is 0 Å². The van der Waals surface area contributed by atoms with Gasteiger partial charge < -0.3 is 15.8 Å². The molecule has 0 spiro atoms. The van der Waals surface area contributed by atoms with Crippen LogP contribution in [0.4, 0.5) is 20.3 Å². The zero-order valence-corrected chi connectivity index (χ0v) is 24.3. The molecule has 0 bridgehead atoms. The third-order valence-electron chi connectivity index (χ3n) is 8.16. The minimum atomic E-state index is -4.35. The summed E-state index contributed by atoms with van der Waals surface area (Å²) in [7, 11) is -4.35. The number of halogens is 2. The fourth-order valence-electron chi connectivity index (χ4n) is 5.94. The van der Waals surface area contributed by atoms with E-state index in [-0.39, 0.29) is 17.6 Å². The van der Waals surface area contributed by atoms with Crippen LogP contribution in [0, 0.1) is 11.6 Å². The molecule has 4 N–H and O–H groups in total. The van der Waals surface area contributed by atoms with Gasteiger partial charge in [0.2, 0.25) is 0 Å². The Morgan fingerprint density at radius 2 is 1.76 bits per heavy atom. The maximum atomic E-state index is 15.4. The molecule has 1 saturated carbocycles. The smallest absolute Gasteiger partial charge is 0.264 e. The number of nitrogens with two attached hydrogens (primary N) is 1.